The number of hydrogen-bond acceptors (Lipinski definition) is 3. The predicted octanol–water partition coefficient (Wildman–Crippen LogP) is 5.76. The summed E-state index contributed by atoms with van der Waals surface area (Å²) in [5.74, 6) is -0.717. The molecule has 1 aromatic heterocycles. The van der Waals surface area contributed by atoms with Crippen LogP contribution in [0.3, 0.4) is 0 Å². The Labute approximate surface area is 228 Å². The van der Waals surface area contributed by atoms with Crippen molar-refractivity contribution in [2.24, 2.45) is 0 Å². The first kappa shape index (κ1) is 27.9. The van der Waals surface area contributed by atoms with Gasteiger partial charge in [0.25, 0.3) is 0 Å². The number of ether oxygens (including phenoxy) is 1. The smallest absolute Gasteiger partial charge is 0.322 e. The number of rotatable bonds is 12. The van der Waals surface area contributed by atoms with Crippen LogP contribution < -0.4 is 5.32 Å². The van der Waals surface area contributed by atoms with Gasteiger partial charge in [-0.2, -0.15) is 0 Å². The number of methoxy groups -OCH3 is 1. The average Bonchev–Trinajstić information content (AvgIpc) is 3.36. The van der Waals surface area contributed by atoms with Gasteiger partial charge in [-0.25, -0.2) is 9.18 Å². The number of H-pyrrole nitrogens is 1. The first-order valence-electron chi connectivity index (χ1n) is 13.1. The molecule has 3 aromatic carbocycles. The molecule has 7 nitrogen and oxygen atoms in total. The Kier molecular flexibility index (Phi) is 9.69. The normalized spacial score (nSPS) is 10.9. The number of nitrogens with one attached hydrogen (secondary N) is 2. The van der Waals surface area contributed by atoms with E-state index in [0.29, 0.717) is 39.1 Å². The monoisotopic (exact) mass is 530 g/mol. The third kappa shape index (κ3) is 7.67. The van der Waals surface area contributed by atoms with Crippen molar-refractivity contribution in [3.63, 3.8) is 0 Å². The van der Waals surface area contributed by atoms with Gasteiger partial charge in [-0.3, -0.25) is 4.79 Å². The second-order valence-corrected chi connectivity index (χ2v) is 9.59. The lowest BCUT2D eigenvalue weighted by molar-refractivity contribution is -0.132. The first-order chi connectivity index (χ1) is 18.9. The maximum absolute atomic E-state index is 14.2. The molecule has 0 aliphatic rings. The lowest BCUT2D eigenvalue weighted by atomic mass is 10.1. The number of amides is 3. The van der Waals surface area contributed by atoms with Crippen molar-refractivity contribution in [2.45, 2.75) is 26.3 Å². The lowest BCUT2D eigenvalue weighted by Gasteiger charge is -2.28. The topological polar surface area (TPSA) is 77.7 Å². The number of aryl methyl sites for hydroxylation is 1. The summed E-state index contributed by atoms with van der Waals surface area (Å²) in [6.45, 7) is 3.52. The second-order valence-electron chi connectivity index (χ2n) is 9.59. The Morgan fingerprint density at radius 3 is 2.46 bits per heavy atom. The van der Waals surface area contributed by atoms with Crippen LogP contribution in [0.5, 0.6) is 0 Å². The number of halogens is 1. The van der Waals surface area contributed by atoms with Gasteiger partial charge in [0.2, 0.25) is 5.91 Å². The van der Waals surface area contributed by atoms with Gasteiger partial charge < -0.3 is 24.8 Å². The molecule has 0 aliphatic heterocycles. The van der Waals surface area contributed by atoms with E-state index in [2.05, 4.69) is 16.4 Å². The van der Waals surface area contributed by atoms with Crippen molar-refractivity contribution in [3.05, 3.63) is 102 Å². The number of carbonyl (C=O) groups is 2. The molecule has 0 fully saturated rings. The molecule has 1 heterocycles. The summed E-state index contributed by atoms with van der Waals surface area (Å²) in [6.07, 6.45) is 3.19. The van der Waals surface area contributed by atoms with Crippen LogP contribution >= 0.6 is 0 Å². The number of aromatic nitrogens is 1. The summed E-state index contributed by atoms with van der Waals surface area (Å²) in [7, 11) is 1.59. The van der Waals surface area contributed by atoms with Crippen molar-refractivity contribution in [3.8, 4) is 0 Å². The van der Waals surface area contributed by atoms with Crippen molar-refractivity contribution < 1.29 is 18.7 Å². The van der Waals surface area contributed by atoms with E-state index in [1.165, 1.54) is 17.0 Å². The minimum absolute atomic E-state index is 0.0718. The highest BCUT2D eigenvalue weighted by atomic mass is 19.1. The van der Waals surface area contributed by atoms with Gasteiger partial charge in [0.1, 0.15) is 12.4 Å². The first-order valence-corrected chi connectivity index (χ1v) is 13.1. The number of nitrogens with zero attached hydrogens (tertiary/aromatic N) is 2. The van der Waals surface area contributed by atoms with Crippen LogP contribution in [0.1, 0.15) is 23.1 Å². The molecular formula is C31H35FN4O3. The molecular weight excluding hydrogens is 495 g/mol. The number of para-hydroxylation sites is 2. The fourth-order valence-electron chi connectivity index (χ4n) is 4.47. The number of fused-ring (bicyclic) bond motifs is 1. The number of hydrogen-bond donors (Lipinski definition) is 2. The highest BCUT2D eigenvalue weighted by Crippen LogP contribution is 2.19. The maximum Gasteiger partial charge on any atom is 0.322 e. The lowest BCUT2D eigenvalue weighted by Crippen LogP contribution is -2.45. The number of carbonyl (C=O) groups excluding carboxylic acids is 2. The predicted molar refractivity (Wildman–Crippen MR) is 152 cm³/mol. The standard InChI is InChI=1S/C31H35FN4O3/c1-23-12-14-24(15-13-23)21-35(18-16-25-20-33-28-10-5-3-8-26(25)28)30(37)22-36(17-7-19-39-2)31(38)34-29-11-6-4-9-27(29)32/h3-6,8-15,20,33H,7,16-19,21-22H2,1-2H3,(H,34,38). The van der Waals surface area contributed by atoms with Crippen LogP contribution in [0.25, 0.3) is 10.9 Å². The van der Waals surface area contributed by atoms with Gasteiger partial charge in [0.15, 0.2) is 0 Å². The molecule has 39 heavy (non-hydrogen) atoms. The van der Waals surface area contributed by atoms with Crippen LogP contribution in [-0.2, 0) is 22.5 Å². The van der Waals surface area contributed by atoms with Gasteiger partial charge >= 0.3 is 6.03 Å². The molecule has 4 rings (SSSR count). The van der Waals surface area contributed by atoms with Gasteiger partial charge in [-0.1, -0.05) is 60.2 Å². The SMILES string of the molecule is COCCCN(CC(=O)N(CCc1c[nH]c2ccccc12)Cc1ccc(C)cc1)C(=O)Nc1ccccc1F. The maximum atomic E-state index is 14.2. The van der Waals surface area contributed by atoms with Crippen molar-refractivity contribution in [1.82, 2.24) is 14.8 Å². The van der Waals surface area contributed by atoms with E-state index < -0.39 is 11.8 Å². The van der Waals surface area contributed by atoms with Crippen molar-refractivity contribution >= 4 is 28.5 Å². The van der Waals surface area contributed by atoms with E-state index >= 15 is 0 Å². The number of anilines is 1. The molecule has 0 saturated heterocycles. The molecule has 204 valence electrons. The van der Waals surface area contributed by atoms with E-state index in [0.717, 1.165) is 27.6 Å². The number of benzene rings is 3. The Morgan fingerprint density at radius 2 is 1.69 bits per heavy atom. The minimum atomic E-state index is -0.534. The van der Waals surface area contributed by atoms with Crippen molar-refractivity contribution in [1.29, 1.82) is 0 Å². The zero-order chi connectivity index (χ0) is 27.6. The third-order valence-corrected chi connectivity index (χ3v) is 6.68. The molecule has 0 atom stereocenters. The Bertz CT molecular complexity index is 1390. The average molecular weight is 531 g/mol. The summed E-state index contributed by atoms with van der Waals surface area (Å²) in [5.41, 5.74) is 4.40. The van der Waals surface area contributed by atoms with Gasteiger partial charge in [0, 0.05) is 50.5 Å². The van der Waals surface area contributed by atoms with Gasteiger partial charge in [-0.05, 0) is 49.1 Å². The largest absolute Gasteiger partial charge is 0.385 e. The Hall–Kier alpha value is -4.17. The summed E-state index contributed by atoms with van der Waals surface area (Å²) in [5, 5.41) is 3.74. The fraction of sp³-hybridized carbons (Fsp3) is 0.290. The van der Waals surface area contributed by atoms with Crippen molar-refractivity contribution in [2.75, 3.05) is 38.7 Å². The molecule has 0 unspecified atom stereocenters. The molecule has 0 radical (unpaired) electrons. The zero-order valence-corrected chi connectivity index (χ0v) is 22.5. The molecule has 0 spiro atoms. The van der Waals surface area contributed by atoms with E-state index in [-0.39, 0.29) is 18.1 Å². The second kappa shape index (κ2) is 13.6. The van der Waals surface area contributed by atoms with E-state index in [9.17, 15) is 14.0 Å². The zero-order valence-electron chi connectivity index (χ0n) is 22.5. The van der Waals surface area contributed by atoms with Crippen LogP contribution in [-0.4, -0.2) is 60.1 Å². The Morgan fingerprint density at radius 1 is 0.949 bits per heavy atom. The molecule has 0 aliphatic carbocycles. The minimum Gasteiger partial charge on any atom is -0.385 e. The summed E-state index contributed by atoms with van der Waals surface area (Å²) in [6, 6.07) is 21.6. The number of urea groups is 1. The van der Waals surface area contributed by atoms with Crippen LogP contribution in [0.2, 0.25) is 0 Å². The highest BCUT2D eigenvalue weighted by molar-refractivity contribution is 5.92. The summed E-state index contributed by atoms with van der Waals surface area (Å²) < 4.78 is 19.3. The van der Waals surface area contributed by atoms with Gasteiger partial charge in [-0.15, -0.1) is 0 Å². The quantitative estimate of drug-likeness (QED) is 0.229. The molecule has 0 saturated carbocycles. The molecule has 0 bridgehead atoms. The molecule has 4 aromatic rings. The van der Waals surface area contributed by atoms with Gasteiger partial charge in [0.05, 0.1) is 5.69 Å². The van der Waals surface area contributed by atoms with Crippen LogP contribution in [0, 0.1) is 12.7 Å². The van der Waals surface area contributed by atoms with Crippen LogP contribution in [0.15, 0.2) is 79.0 Å². The van der Waals surface area contributed by atoms with E-state index in [1.807, 2.05) is 55.6 Å². The van der Waals surface area contributed by atoms with E-state index in [4.69, 9.17) is 4.74 Å². The Balaban J connectivity index is 1.51. The molecule has 3 amide bonds. The molecule has 2 N–H and O–H groups in total. The van der Waals surface area contributed by atoms with Crippen LogP contribution in [0.4, 0.5) is 14.9 Å². The molecule has 8 heteroatoms. The fourth-order valence-corrected chi connectivity index (χ4v) is 4.47. The third-order valence-electron chi connectivity index (χ3n) is 6.68. The summed E-state index contributed by atoms with van der Waals surface area (Å²) in [4.78, 5) is 33.3. The summed E-state index contributed by atoms with van der Waals surface area (Å²) >= 11 is 0. The van der Waals surface area contributed by atoms with E-state index in [1.54, 1.807) is 24.1 Å². The highest BCUT2D eigenvalue weighted by Gasteiger charge is 2.22. The number of aromatic amines is 1.